The number of benzene rings is 2. The van der Waals surface area contributed by atoms with Gasteiger partial charge >= 0.3 is 0 Å². The average Bonchev–Trinajstić information content (AvgIpc) is 3.62. The molecule has 9 heteroatoms. The van der Waals surface area contributed by atoms with E-state index in [0.717, 1.165) is 37.1 Å². The third-order valence-corrected chi connectivity index (χ3v) is 8.03. The molecule has 1 aromatic heterocycles. The van der Waals surface area contributed by atoms with Gasteiger partial charge < -0.3 is 25.1 Å². The first-order valence-electron chi connectivity index (χ1n) is 12.8. The highest BCUT2D eigenvalue weighted by Gasteiger charge is 2.46. The van der Waals surface area contributed by atoms with E-state index < -0.39 is 0 Å². The number of aromatic hydroxyl groups is 1. The molecule has 5 atom stereocenters. The first kappa shape index (κ1) is 22.8. The van der Waals surface area contributed by atoms with E-state index in [2.05, 4.69) is 20.5 Å². The number of hydrogen-bond acceptors (Lipinski definition) is 8. The highest BCUT2D eigenvalue weighted by molar-refractivity contribution is 5.58. The number of piperidine rings is 1. The minimum atomic E-state index is -0.345. The fourth-order valence-electron chi connectivity index (χ4n) is 6.30. The van der Waals surface area contributed by atoms with Gasteiger partial charge in [-0.15, -0.1) is 0 Å². The van der Waals surface area contributed by atoms with Crippen molar-refractivity contribution in [1.29, 1.82) is 0 Å². The molecule has 3 fully saturated rings. The third kappa shape index (κ3) is 4.51. The highest BCUT2D eigenvalue weighted by Crippen LogP contribution is 2.41. The molecule has 2 heterocycles. The number of aromatic nitrogens is 1. The maximum atomic E-state index is 11.0. The van der Waals surface area contributed by atoms with Crippen molar-refractivity contribution in [2.75, 3.05) is 16.8 Å². The lowest BCUT2D eigenvalue weighted by Gasteiger charge is -2.40. The fraction of sp³-hybridized carbons (Fsp3) is 0.444. The van der Waals surface area contributed by atoms with E-state index in [0.29, 0.717) is 35.8 Å². The smallest absolute Gasteiger partial charge is 0.295 e. The molecule has 3 N–H and O–H groups in total. The summed E-state index contributed by atoms with van der Waals surface area (Å²) in [6.07, 6.45) is 8.59. The summed E-state index contributed by atoms with van der Waals surface area (Å²) in [5.74, 6) is 1.54. The van der Waals surface area contributed by atoms with Gasteiger partial charge in [0.2, 0.25) is 0 Å². The first-order valence-corrected chi connectivity index (χ1v) is 12.8. The Balaban J connectivity index is 1.12. The number of hydrogen-bond donors (Lipinski definition) is 3. The number of phenols is 1. The molecule has 0 radical (unpaired) electrons. The Labute approximate surface area is 209 Å². The lowest BCUT2D eigenvalue weighted by molar-refractivity contribution is -0.384. The van der Waals surface area contributed by atoms with Crippen molar-refractivity contribution in [3.63, 3.8) is 0 Å². The van der Waals surface area contributed by atoms with Crippen LogP contribution in [0.4, 0.5) is 17.4 Å². The molecule has 2 aromatic carbocycles. The zero-order chi connectivity index (χ0) is 24.6. The van der Waals surface area contributed by atoms with Crippen LogP contribution in [0.5, 0.6) is 5.75 Å². The van der Waals surface area contributed by atoms with Gasteiger partial charge in [0.25, 0.3) is 11.7 Å². The third-order valence-electron chi connectivity index (χ3n) is 8.03. The average molecular weight is 490 g/mol. The second-order valence-electron chi connectivity index (χ2n) is 10.3. The predicted molar refractivity (Wildman–Crippen MR) is 137 cm³/mol. The van der Waals surface area contributed by atoms with Crippen LogP contribution >= 0.6 is 0 Å². The number of phenolic OH excluding ortho intramolecular Hbond substituents is 1. The molecule has 36 heavy (non-hydrogen) atoms. The number of nitro benzene ring substituents is 1. The normalized spacial score (nSPS) is 27.3. The Morgan fingerprint density at radius 3 is 2.47 bits per heavy atom. The van der Waals surface area contributed by atoms with E-state index in [1.165, 1.54) is 19.3 Å². The molecule has 3 aliphatic rings. The van der Waals surface area contributed by atoms with E-state index in [9.17, 15) is 15.2 Å². The summed E-state index contributed by atoms with van der Waals surface area (Å²) in [4.78, 5) is 17.6. The second kappa shape index (κ2) is 9.46. The Kier molecular flexibility index (Phi) is 6.00. The van der Waals surface area contributed by atoms with Gasteiger partial charge in [0, 0.05) is 54.1 Å². The molecule has 2 bridgehead atoms. The van der Waals surface area contributed by atoms with Crippen LogP contribution in [0.3, 0.4) is 0 Å². The number of nitro groups is 1. The monoisotopic (exact) mass is 489 g/mol. The van der Waals surface area contributed by atoms with Gasteiger partial charge in [0.1, 0.15) is 5.75 Å². The SMILES string of the molecule is O=[N+]([O-])c1ccc(N2C[C@@H]3C[C@H](N[C@@H]4CCCC[C@H]4Nc4ncc(-c5ccc(O)cc5)o4)[C@H]2C3)cc1. The summed E-state index contributed by atoms with van der Waals surface area (Å²) in [7, 11) is 0. The molecule has 0 spiro atoms. The van der Waals surface area contributed by atoms with Crippen molar-refractivity contribution in [2.45, 2.75) is 62.7 Å². The van der Waals surface area contributed by atoms with Crippen molar-refractivity contribution < 1.29 is 14.4 Å². The molecule has 2 aliphatic carbocycles. The van der Waals surface area contributed by atoms with Gasteiger partial charge in [-0.3, -0.25) is 10.1 Å². The van der Waals surface area contributed by atoms with Crippen LogP contribution in [-0.4, -0.2) is 45.7 Å². The van der Waals surface area contributed by atoms with Crippen molar-refractivity contribution in [3.05, 3.63) is 64.8 Å². The second-order valence-corrected chi connectivity index (χ2v) is 10.3. The van der Waals surface area contributed by atoms with Crippen LogP contribution in [0.25, 0.3) is 11.3 Å². The Morgan fingerprint density at radius 2 is 1.75 bits per heavy atom. The largest absolute Gasteiger partial charge is 0.508 e. The molecule has 6 rings (SSSR count). The van der Waals surface area contributed by atoms with Crippen molar-refractivity contribution >= 4 is 17.4 Å². The van der Waals surface area contributed by atoms with E-state index in [4.69, 9.17) is 4.42 Å². The zero-order valence-corrected chi connectivity index (χ0v) is 20.0. The highest BCUT2D eigenvalue weighted by atomic mass is 16.6. The molecular formula is C27H31N5O4. The van der Waals surface area contributed by atoms with E-state index >= 15 is 0 Å². The van der Waals surface area contributed by atoms with Crippen molar-refractivity contribution in [2.24, 2.45) is 5.92 Å². The number of non-ortho nitro benzene ring substituents is 1. The van der Waals surface area contributed by atoms with Crippen LogP contribution < -0.4 is 15.5 Å². The maximum absolute atomic E-state index is 11.0. The number of nitrogens with one attached hydrogen (secondary N) is 2. The molecule has 0 amide bonds. The maximum Gasteiger partial charge on any atom is 0.295 e. The lowest BCUT2D eigenvalue weighted by Crippen LogP contribution is -2.56. The Morgan fingerprint density at radius 1 is 1.00 bits per heavy atom. The van der Waals surface area contributed by atoms with E-state index in [1.807, 2.05) is 24.3 Å². The van der Waals surface area contributed by atoms with Crippen LogP contribution in [0.15, 0.2) is 59.1 Å². The number of nitrogens with zero attached hydrogens (tertiary/aromatic N) is 3. The summed E-state index contributed by atoms with van der Waals surface area (Å²) in [6, 6.07) is 15.8. The van der Waals surface area contributed by atoms with Crippen molar-refractivity contribution in [3.8, 4) is 17.1 Å². The fourth-order valence-corrected chi connectivity index (χ4v) is 6.30. The molecule has 9 nitrogen and oxygen atoms in total. The van der Waals surface area contributed by atoms with Gasteiger partial charge in [0.05, 0.1) is 11.1 Å². The standard InChI is InChI=1S/C27H31N5O4/c33-21-11-5-18(6-12-21)26-15-28-27(36-26)30-23-4-2-1-3-22(23)29-24-13-17-14-25(24)31(16-17)19-7-9-20(10-8-19)32(34)35/h5-12,15,17,22-25,29,33H,1-4,13-14,16H2,(H,28,30)/t17-,22-,23-,24+,25-/m1/s1. The number of oxazole rings is 1. The van der Waals surface area contributed by atoms with E-state index in [-0.39, 0.29) is 22.4 Å². The number of fused-ring (bicyclic) bond motifs is 2. The topological polar surface area (TPSA) is 117 Å². The lowest BCUT2D eigenvalue weighted by atomic mass is 9.89. The zero-order valence-electron chi connectivity index (χ0n) is 20.0. The summed E-state index contributed by atoms with van der Waals surface area (Å²) in [6.45, 7) is 1.02. The summed E-state index contributed by atoms with van der Waals surface area (Å²) < 4.78 is 5.99. The summed E-state index contributed by atoms with van der Waals surface area (Å²) in [5.41, 5.74) is 2.08. The van der Waals surface area contributed by atoms with Crippen LogP contribution in [-0.2, 0) is 0 Å². The Bertz CT molecular complexity index is 1210. The Hall–Kier alpha value is -3.59. The minimum Gasteiger partial charge on any atom is -0.508 e. The first-order chi connectivity index (χ1) is 17.5. The molecule has 1 aliphatic heterocycles. The van der Waals surface area contributed by atoms with Gasteiger partial charge in [0.15, 0.2) is 5.76 Å². The van der Waals surface area contributed by atoms with Crippen LogP contribution in [0, 0.1) is 16.0 Å². The van der Waals surface area contributed by atoms with Crippen molar-refractivity contribution in [1.82, 2.24) is 10.3 Å². The van der Waals surface area contributed by atoms with Gasteiger partial charge in [-0.1, -0.05) is 12.8 Å². The molecule has 188 valence electrons. The summed E-state index contributed by atoms with van der Waals surface area (Å²) in [5, 5.41) is 28.1. The quantitative estimate of drug-likeness (QED) is 0.316. The molecule has 2 saturated carbocycles. The van der Waals surface area contributed by atoms with Gasteiger partial charge in [-0.05, 0) is 68.0 Å². The summed E-state index contributed by atoms with van der Waals surface area (Å²) >= 11 is 0. The molecular weight excluding hydrogens is 458 g/mol. The molecule has 1 saturated heterocycles. The number of rotatable bonds is 7. The van der Waals surface area contributed by atoms with Gasteiger partial charge in [-0.2, -0.15) is 0 Å². The van der Waals surface area contributed by atoms with E-state index in [1.54, 1.807) is 30.5 Å². The minimum absolute atomic E-state index is 0.133. The molecule has 0 unspecified atom stereocenters. The predicted octanol–water partition coefficient (Wildman–Crippen LogP) is 4.94. The van der Waals surface area contributed by atoms with Crippen LogP contribution in [0.1, 0.15) is 38.5 Å². The molecule has 3 aromatic rings. The van der Waals surface area contributed by atoms with Gasteiger partial charge in [-0.25, -0.2) is 4.98 Å². The number of anilines is 2. The van der Waals surface area contributed by atoms with Crippen LogP contribution in [0.2, 0.25) is 0 Å².